The van der Waals surface area contributed by atoms with Crippen LogP contribution < -0.4 is 4.90 Å². The highest BCUT2D eigenvalue weighted by atomic mass is 32.1. The average molecular weight is 298 g/mol. The molecule has 0 saturated carbocycles. The van der Waals surface area contributed by atoms with Crippen molar-refractivity contribution in [2.45, 2.75) is 13.3 Å². The average Bonchev–Trinajstić information content (AvgIpc) is 2.91. The summed E-state index contributed by atoms with van der Waals surface area (Å²) in [5.74, 6) is -1.74. The standard InChI is InChI=1S/C14H16F2N2OS/c1-2-5-18(6-7-19)14-17-13(9-20-14)10-3-4-11(15)12(16)8-10/h3-4,8-9,19H,2,5-7H2,1H3. The minimum Gasteiger partial charge on any atom is -0.395 e. The molecule has 1 heterocycles. The molecule has 0 radical (unpaired) electrons. The number of nitrogens with zero attached hydrogens (tertiary/aromatic N) is 2. The van der Waals surface area contributed by atoms with Crippen LogP contribution in [0.4, 0.5) is 13.9 Å². The van der Waals surface area contributed by atoms with Gasteiger partial charge in [0.15, 0.2) is 16.8 Å². The zero-order valence-electron chi connectivity index (χ0n) is 11.1. The molecule has 0 fully saturated rings. The van der Waals surface area contributed by atoms with Gasteiger partial charge in [-0.05, 0) is 24.6 Å². The number of aromatic nitrogens is 1. The van der Waals surface area contributed by atoms with Gasteiger partial charge in [0, 0.05) is 24.0 Å². The summed E-state index contributed by atoms with van der Waals surface area (Å²) in [4.78, 5) is 6.41. The monoisotopic (exact) mass is 298 g/mol. The summed E-state index contributed by atoms with van der Waals surface area (Å²) in [6, 6.07) is 3.75. The summed E-state index contributed by atoms with van der Waals surface area (Å²) >= 11 is 1.43. The molecule has 0 spiro atoms. The Hall–Kier alpha value is -1.53. The first-order valence-electron chi connectivity index (χ1n) is 6.42. The maximum absolute atomic E-state index is 13.2. The van der Waals surface area contributed by atoms with Crippen LogP contribution in [0.5, 0.6) is 0 Å². The van der Waals surface area contributed by atoms with E-state index in [1.807, 2.05) is 17.2 Å². The number of halogens is 2. The van der Waals surface area contributed by atoms with Crippen molar-refractivity contribution >= 4 is 16.5 Å². The highest BCUT2D eigenvalue weighted by Gasteiger charge is 2.12. The van der Waals surface area contributed by atoms with Crippen molar-refractivity contribution in [1.29, 1.82) is 0 Å². The third kappa shape index (κ3) is 3.32. The first-order valence-corrected chi connectivity index (χ1v) is 7.30. The van der Waals surface area contributed by atoms with Gasteiger partial charge in [-0.15, -0.1) is 11.3 Å². The maximum atomic E-state index is 13.2. The van der Waals surface area contributed by atoms with Crippen molar-refractivity contribution in [3.63, 3.8) is 0 Å². The molecular weight excluding hydrogens is 282 g/mol. The Labute approximate surface area is 120 Å². The molecule has 1 aromatic carbocycles. The summed E-state index contributed by atoms with van der Waals surface area (Å²) < 4.78 is 26.1. The molecule has 20 heavy (non-hydrogen) atoms. The molecular formula is C14H16F2N2OS. The molecule has 0 aliphatic rings. The zero-order chi connectivity index (χ0) is 14.5. The Balaban J connectivity index is 2.24. The van der Waals surface area contributed by atoms with Crippen molar-refractivity contribution in [1.82, 2.24) is 4.98 Å². The van der Waals surface area contributed by atoms with E-state index in [0.29, 0.717) is 17.8 Å². The molecule has 0 unspecified atom stereocenters. The number of benzene rings is 1. The molecule has 108 valence electrons. The fourth-order valence-electron chi connectivity index (χ4n) is 1.89. The van der Waals surface area contributed by atoms with Gasteiger partial charge < -0.3 is 10.0 Å². The van der Waals surface area contributed by atoms with E-state index in [2.05, 4.69) is 4.98 Å². The Morgan fingerprint density at radius 2 is 2.05 bits per heavy atom. The second kappa shape index (κ2) is 6.76. The van der Waals surface area contributed by atoms with Crippen molar-refractivity contribution < 1.29 is 13.9 Å². The highest BCUT2D eigenvalue weighted by molar-refractivity contribution is 7.14. The quantitative estimate of drug-likeness (QED) is 0.889. The smallest absolute Gasteiger partial charge is 0.185 e. The minimum atomic E-state index is -0.877. The Morgan fingerprint density at radius 1 is 1.25 bits per heavy atom. The van der Waals surface area contributed by atoms with Crippen molar-refractivity contribution in [3.05, 3.63) is 35.2 Å². The second-order valence-corrected chi connectivity index (χ2v) is 5.19. The van der Waals surface area contributed by atoms with Crippen LogP contribution in [0.2, 0.25) is 0 Å². The Kier molecular flexibility index (Phi) is 5.03. The van der Waals surface area contributed by atoms with Gasteiger partial charge in [-0.1, -0.05) is 6.92 Å². The lowest BCUT2D eigenvalue weighted by Crippen LogP contribution is -2.27. The minimum absolute atomic E-state index is 0.0556. The van der Waals surface area contributed by atoms with Crippen LogP contribution >= 0.6 is 11.3 Å². The van der Waals surface area contributed by atoms with Gasteiger partial charge in [-0.25, -0.2) is 13.8 Å². The van der Waals surface area contributed by atoms with Gasteiger partial charge in [-0.2, -0.15) is 0 Å². The third-order valence-corrected chi connectivity index (χ3v) is 3.74. The summed E-state index contributed by atoms with van der Waals surface area (Å²) in [6.45, 7) is 3.41. The predicted molar refractivity (Wildman–Crippen MR) is 77.1 cm³/mol. The predicted octanol–water partition coefficient (Wildman–Crippen LogP) is 3.30. The molecule has 0 amide bonds. The van der Waals surface area contributed by atoms with Gasteiger partial charge in [0.25, 0.3) is 0 Å². The summed E-state index contributed by atoms with van der Waals surface area (Å²) in [5, 5.41) is 11.6. The van der Waals surface area contributed by atoms with Crippen molar-refractivity contribution in [3.8, 4) is 11.3 Å². The molecule has 2 aromatic rings. The van der Waals surface area contributed by atoms with E-state index in [9.17, 15) is 8.78 Å². The molecule has 0 saturated heterocycles. The van der Waals surface area contributed by atoms with E-state index in [1.54, 1.807) is 0 Å². The fraction of sp³-hybridized carbons (Fsp3) is 0.357. The molecule has 6 heteroatoms. The number of aliphatic hydroxyl groups is 1. The topological polar surface area (TPSA) is 36.4 Å². The van der Waals surface area contributed by atoms with Crippen LogP contribution in [-0.2, 0) is 0 Å². The largest absolute Gasteiger partial charge is 0.395 e. The SMILES string of the molecule is CCCN(CCO)c1nc(-c2ccc(F)c(F)c2)cs1. The molecule has 0 aliphatic heterocycles. The van der Waals surface area contributed by atoms with E-state index in [-0.39, 0.29) is 6.61 Å². The maximum Gasteiger partial charge on any atom is 0.185 e. The highest BCUT2D eigenvalue weighted by Crippen LogP contribution is 2.28. The van der Waals surface area contributed by atoms with Crippen LogP contribution in [0.3, 0.4) is 0 Å². The fourth-order valence-corrected chi connectivity index (χ4v) is 2.78. The van der Waals surface area contributed by atoms with Crippen LogP contribution in [0, 0.1) is 11.6 Å². The number of anilines is 1. The first kappa shape index (κ1) is 14.9. The lowest BCUT2D eigenvalue weighted by atomic mass is 10.2. The number of aliphatic hydroxyl groups excluding tert-OH is 1. The molecule has 0 atom stereocenters. The van der Waals surface area contributed by atoms with Crippen LogP contribution in [-0.4, -0.2) is 29.8 Å². The molecule has 2 rings (SSSR count). The van der Waals surface area contributed by atoms with Crippen molar-refractivity contribution in [2.24, 2.45) is 0 Å². The van der Waals surface area contributed by atoms with Gasteiger partial charge in [-0.3, -0.25) is 0 Å². The lowest BCUT2D eigenvalue weighted by molar-refractivity contribution is 0.302. The Morgan fingerprint density at radius 3 is 2.70 bits per heavy atom. The van der Waals surface area contributed by atoms with E-state index >= 15 is 0 Å². The van der Waals surface area contributed by atoms with E-state index in [1.165, 1.54) is 17.4 Å². The Bertz CT molecular complexity index is 568. The van der Waals surface area contributed by atoms with Crippen LogP contribution in [0.1, 0.15) is 13.3 Å². The molecule has 1 aromatic heterocycles. The lowest BCUT2D eigenvalue weighted by Gasteiger charge is -2.19. The third-order valence-electron chi connectivity index (χ3n) is 2.84. The van der Waals surface area contributed by atoms with Crippen LogP contribution in [0.25, 0.3) is 11.3 Å². The van der Waals surface area contributed by atoms with Crippen LogP contribution in [0.15, 0.2) is 23.6 Å². The normalized spacial score (nSPS) is 10.8. The van der Waals surface area contributed by atoms with E-state index in [4.69, 9.17) is 5.11 Å². The molecule has 3 nitrogen and oxygen atoms in total. The molecule has 0 bridgehead atoms. The number of hydrogen-bond donors (Lipinski definition) is 1. The number of hydrogen-bond acceptors (Lipinski definition) is 4. The van der Waals surface area contributed by atoms with Gasteiger partial charge in [0.1, 0.15) is 0 Å². The number of thiazole rings is 1. The van der Waals surface area contributed by atoms with Gasteiger partial charge in [0.05, 0.1) is 12.3 Å². The van der Waals surface area contributed by atoms with E-state index in [0.717, 1.165) is 30.2 Å². The van der Waals surface area contributed by atoms with Crippen molar-refractivity contribution in [2.75, 3.05) is 24.6 Å². The molecule has 1 N–H and O–H groups in total. The summed E-state index contributed by atoms with van der Waals surface area (Å²) in [7, 11) is 0. The summed E-state index contributed by atoms with van der Waals surface area (Å²) in [5.41, 5.74) is 1.16. The molecule has 0 aliphatic carbocycles. The second-order valence-electron chi connectivity index (χ2n) is 4.35. The first-order chi connectivity index (χ1) is 9.65. The van der Waals surface area contributed by atoms with Gasteiger partial charge in [0.2, 0.25) is 0 Å². The summed E-state index contributed by atoms with van der Waals surface area (Å²) in [6.07, 6.45) is 0.945. The zero-order valence-corrected chi connectivity index (χ0v) is 12.0. The van der Waals surface area contributed by atoms with E-state index < -0.39 is 11.6 Å². The van der Waals surface area contributed by atoms with Gasteiger partial charge >= 0.3 is 0 Å². The number of rotatable bonds is 6.